The summed E-state index contributed by atoms with van der Waals surface area (Å²) in [5.41, 5.74) is 1.54. The number of hydrogen-bond acceptors (Lipinski definition) is 7. The average molecular weight is 471 g/mol. The number of fused-ring (bicyclic) bond motifs is 1. The number of halogens is 1. The molecule has 8 nitrogen and oxygen atoms in total. The third-order valence-corrected chi connectivity index (χ3v) is 6.11. The molecular formula is C22H19ClN4O4S. The second kappa shape index (κ2) is 8.89. The number of nitrogens with one attached hydrogen (secondary N) is 2. The highest BCUT2D eigenvalue weighted by Gasteiger charge is 2.19. The van der Waals surface area contributed by atoms with Gasteiger partial charge in [-0.1, -0.05) is 29.8 Å². The van der Waals surface area contributed by atoms with Crippen LogP contribution in [0, 0.1) is 0 Å². The number of hydrogen-bond donors (Lipinski definition) is 2. The zero-order valence-electron chi connectivity index (χ0n) is 17.2. The summed E-state index contributed by atoms with van der Waals surface area (Å²) in [5, 5.41) is 3.59. The summed E-state index contributed by atoms with van der Waals surface area (Å²) in [6.45, 7) is 0. The standard InChI is InChI=1S/C22H19ClN4O4S/c1-30-16-11-15(12-17(13-16)31-2)24-21-22(25-19-9-8-14(23)10-20(19)26-21)27-32(28,29)18-6-4-3-5-7-18/h3-13H,1-2H3,(H,24,26)(H,25,27). The Hall–Kier alpha value is -3.56. The number of sulfonamides is 1. The summed E-state index contributed by atoms with van der Waals surface area (Å²) in [6, 6.07) is 18.2. The fourth-order valence-corrected chi connectivity index (χ4v) is 4.18. The van der Waals surface area contributed by atoms with Crippen molar-refractivity contribution in [1.82, 2.24) is 9.97 Å². The Bertz CT molecular complexity index is 1360. The molecule has 0 atom stereocenters. The minimum Gasteiger partial charge on any atom is -0.497 e. The van der Waals surface area contributed by atoms with E-state index in [0.717, 1.165) is 0 Å². The highest BCUT2D eigenvalue weighted by Crippen LogP contribution is 2.32. The second-order valence-corrected chi connectivity index (χ2v) is 8.82. The minimum absolute atomic E-state index is 0.0328. The molecule has 0 spiro atoms. The van der Waals surface area contributed by atoms with Crippen LogP contribution in [0.3, 0.4) is 0 Å². The topological polar surface area (TPSA) is 102 Å². The first-order chi connectivity index (χ1) is 15.4. The molecule has 4 aromatic rings. The molecule has 164 valence electrons. The lowest BCUT2D eigenvalue weighted by molar-refractivity contribution is 0.395. The van der Waals surface area contributed by atoms with Gasteiger partial charge in [0.05, 0.1) is 30.1 Å². The van der Waals surface area contributed by atoms with Crippen LogP contribution < -0.4 is 19.5 Å². The molecule has 1 aromatic heterocycles. The van der Waals surface area contributed by atoms with Gasteiger partial charge >= 0.3 is 0 Å². The van der Waals surface area contributed by atoms with Crippen molar-refractivity contribution in [2.75, 3.05) is 24.3 Å². The molecule has 0 aliphatic heterocycles. The first kappa shape index (κ1) is 21.7. The van der Waals surface area contributed by atoms with E-state index in [1.807, 2.05) is 0 Å². The van der Waals surface area contributed by atoms with E-state index in [9.17, 15) is 8.42 Å². The maximum Gasteiger partial charge on any atom is 0.263 e. The van der Waals surface area contributed by atoms with E-state index in [4.69, 9.17) is 21.1 Å². The number of anilines is 3. The number of ether oxygens (including phenoxy) is 2. The third-order valence-electron chi connectivity index (χ3n) is 4.53. The number of benzene rings is 3. The Morgan fingerprint density at radius 3 is 2.12 bits per heavy atom. The van der Waals surface area contributed by atoms with Gasteiger partial charge in [0.25, 0.3) is 10.0 Å². The normalized spacial score (nSPS) is 11.2. The summed E-state index contributed by atoms with van der Waals surface area (Å²) in [4.78, 5) is 9.13. The van der Waals surface area contributed by atoms with E-state index in [2.05, 4.69) is 20.0 Å². The molecule has 0 radical (unpaired) electrons. The third kappa shape index (κ3) is 4.68. The first-order valence-corrected chi connectivity index (χ1v) is 11.3. The highest BCUT2D eigenvalue weighted by atomic mass is 35.5. The number of rotatable bonds is 7. The SMILES string of the molecule is COc1cc(Nc2nc3cc(Cl)ccc3nc2NS(=O)(=O)c2ccccc2)cc(OC)c1. The van der Waals surface area contributed by atoms with Gasteiger partial charge in [-0.3, -0.25) is 4.72 Å². The lowest BCUT2D eigenvalue weighted by atomic mass is 10.2. The van der Waals surface area contributed by atoms with Gasteiger partial charge in [-0.25, -0.2) is 18.4 Å². The number of methoxy groups -OCH3 is 2. The van der Waals surface area contributed by atoms with Crippen molar-refractivity contribution in [3.05, 3.63) is 71.8 Å². The molecule has 0 fully saturated rings. The predicted molar refractivity (Wildman–Crippen MR) is 125 cm³/mol. The van der Waals surface area contributed by atoms with Crippen LogP contribution in [0.25, 0.3) is 11.0 Å². The van der Waals surface area contributed by atoms with Crippen molar-refractivity contribution >= 4 is 50.0 Å². The molecule has 0 bridgehead atoms. The Kier molecular flexibility index (Phi) is 6.02. The summed E-state index contributed by atoms with van der Waals surface area (Å²) < 4.78 is 39.0. The zero-order valence-corrected chi connectivity index (χ0v) is 18.7. The van der Waals surface area contributed by atoms with E-state index < -0.39 is 10.0 Å². The molecule has 32 heavy (non-hydrogen) atoms. The van der Waals surface area contributed by atoms with E-state index in [1.165, 1.54) is 26.4 Å². The fraction of sp³-hybridized carbons (Fsp3) is 0.0909. The van der Waals surface area contributed by atoms with E-state index in [0.29, 0.717) is 33.2 Å². The fourth-order valence-electron chi connectivity index (χ4n) is 2.99. The first-order valence-electron chi connectivity index (χ1n) is 9.43. The Morgan fingerprint density at radius 2 is 1.47 bits per heavy atom. The minimum atomic E-state index is -3.90. The number of aromatic nitrogens is 2. The Balaban J connectivity index is 1.81. The van der Waals surface area contributed by atoms with E-state index in [1.54, 1.807) is 54.6 Å². The molecule has 0 saturated heterocycles. The van der Waals surface area contributed by atoms with Gasteiger partial charge in [0.1, 0.15) is 11.5 Å². The van der Waals surface area contributed by atoms with Crippen molar-refractivity contribution < 1.29 is 17.9 Å². The zero-order chi connectivity index (χ0) is 22.7. The highest BCUT2D eigenvalue weighted by molar-refractivity contribution is 7.92. The average Bonchev–Trinajstić information content (AvgIpc) is 2.79. The maximum absolute atomic E-state index is 12.9. The van der Waals surface area contributed by atoms with Gasteiger partial charge in [0, 0.05) is 28.9 Å². The molecule has 3 aromatic carbocycles. The van der Waals surface area contributed by atoms with Gasteiger partial charge in [-0.2, -0.15) is 0 Å². The van der Waals surface area contributed by atoms with Crippen molar-refractivity contribution in [2.24, 2.45) is 0 Å². The van der Waals surface area contributed by atoms with Gasteiger partial charge < -0.3 is 14.8 Å². The summed E-state index contributed by atoms with van der Waals surface area (Å²) in [7, 11) is -0.824. The smallest absolute Gasteiger partial charge is 0.263 e. The van der Waals surface area contributed by atoms with Crippen LogP contribution in [-0.4, -0.2) is 32.6 Å². The second-order valence-electron chi connectivity index (χ2n) is 6.70. The van der Waals surface area contributed by atoms with Crippen LogP contribution in [0.2, 0.25) is 5.02 Å². The monoisotopic (exact) mass is 470 g/mol. The molecule has 2 N–H and O–H groups in total. The summed E-state index contributed by atoms with van der Waals surface area (Å²) in [5.74, 6) is 1.32. The van der Waals surface area contributed by atoms with Crippen molar-refractivity contribution in [3.8, 4) is 11.5 Å². The molecule has 1 heterocycles. The molecule has 0 aliphatic carbocycles. The quantitative estimate of drug-likeness (QED) is 0.398. The molecule has 0 aliphatic rings. The van der Waals surface area contributed by atoms with Gasteiger partial charge in [-0.05, 0) is 30.3 Å². The maximum atomic E-state index is 12.9. The van der Waals surface area contributed by atoms with Crippen molar-refractivity contribution in [1.29, 1.82) is 0 Å². The van der Waals surface area contributed by atoms with Crippen LogP contribution in [0.5, 0.6) is 11.5 Å². The lowest BCUT2D eigenvalue weighted by Gasteiger charge is -2.15. The Labute approximate surface area is 190 Å². The largest absolute Gasteiger partial charge is 0.497 e. The molecule has 4 rings (SSSR count). The Morgan fingerprint density at radius 1 is 0.812 bits per heavy atom. The molecule has 0 saturated carbocycles. The molecule has 0 amide bonds. The van der Waals surface area contributed by atoms with Gasteiger partial charge in [0.15, 0.2) is 11.6 Å². The van der Waals surface area contributed by atoms with Crippen LogP contribution in [0.1, 0.15) is 0 Å². The van der Waals surface area contributed by atoms with Gasteiger partial charge in [-0.15, -0.1) is 0 Å². The van der Waals surface area contributed by atoms with Crippen molar-refractivity contribution in [3.63, 3.8) is 0 Å². The summed E-state index contributed by atoms with van der Waals surface area (Å²) in [6.07, 6.45) is 0. The molecule has 10 heteroatoms. The van der Waals surface area contributed by atoms with Crippen molar-refractivity contribution in [2.45, 2.75) is 4.90 Å². The summed E-state index contributed by atoms with van der Waals surface area (Å²) >= 11 is 6.10. The lowest BCUT2D eigenvalue weighted by Crippen LogP contribution is -2.16. The van der Waals surface area contributed by atoms with E-state index in [-0.39, 0.29) is 16.5 Å². The van der Waals surface area contributed by atoms with Gasteiger partial charge in [0.2, 0.25) is 0 Å². The van der Waals surface area contributed by atoms with Crippen LogP contribution in [0.4, 0.5) is 17.3 Å². The predicted octanol–water partition coefficient (Wildman–Crippen LogP) is 4.84. The number of nitrogens with zero attached hydrogens (tertiary/aromatic N) is 2. The molecule has 0 unspecified atom stereocenters. The van der Waals surface area contributed by atoms with Crippen LogP contribution >= 0.6 is 11.6 Å². The van der Waals surface area contributed by atoms with Crippen LogP contribution in [-0.2, 0) is 10.0 Å². The molecular weight excluding hydrogens is 452 g/mol. The van der Waals surface area contributed by atoms with Crippen LogP contribution in [0.15, 0.2) is 71.6 Å². The van der Waals surface area contributed by atoms with E-state index >= 15 is 0 Å².